The minimum Gasteiger partial charge on any atom is -0.376 e. The molecular weight excluding hydrogens is 243 g/mol. The van der Waals surface area contributed by atoms with Crippen LogP contribution >= 0.6 is 0 Å². The Bertz CT molecular complexity index is 584. The molecule has 0 saturated carbocycles. The Balaban J connectivity index is 1.90. The molecule has 0 aliphatic rings. The maximum atomic E-state index is 13.0. The van der Waals surface area contributed by atoms with Gasteiger partial charge in [-0.05, 0) is 36.8 Å². The van der Waals surface area contributed by atoms with Gasteiger partial charge in [0.1, 0.15) is 5.82 Å². The molecule has 98 valence electrons. The summed E-state index contributed by atoms with van der Waals surface area (Å²) in [5.74, 6) is -0.585. The summed E-state index contributed by atoms with van der Waals surface area (Å²) < 4.78 is 13.0. The van der Waals surface area contributed by atoms with Crippen molar-refractivity contribution >= 4 is 17.3 Å². The van der Waals surface area contributed by atoms with Gasteiger partial charge in [-0.15, -0.1) is 0 Å². The molecule has 0 spiro atoms. The lowest BCUT2D eigenvalue weighted by molar-refractivity contribution is -0.114. The van der Waals surface area contributed by atoms with E-state index in [9.17, 15) is 9.18 Å². The van der Waals surface area contributed by atoms with E-state index in [1.165, 1.54) is 12.1 Å². The molecule has 0 fully saturated rings. The van der Waals surface area contributed by atoms with Crippen molar-refractivity contribution in [3.63, 3.8) is 0 Å². The van der Waals surface area contributed by atoms with E-state index in [4.69, 9.17) is 0 Å². The van der Waals surface area contributed by atoms with Crippen molar-refractivity contribution < 1.29 is 9.18 Å². The van der Waals surface area contributed by atoms with Gasteiger partial charge in [0.05, 0.1) is 6.54 Å². The highest BCUT2D eigenvalue weighted by molar-refractivity contribution is 5.93. The van der Waals surface area contributed by atoms with Crippen molar-refractivity contribution in [3.05, 3.63) is 59.9 Å². The predicted molar refractivity (Wildman–Crippen MR) is 74.7 cm³/mol. The number of hydrogen-bond acceptors (Lipinski definition) is 2. The largest absolute Gasteiger partial charge is 0.376 e. The molecule has 2 aromatic rings. The second-order valence-electron chi connectivity index (χ2n) is 4.23. The Labute approximate surface area is 111 Å². The van der Waals surface area contributed by atoms with E-state index in [2.05, 4.69) is 10.6 Å². The summed E-state index contributed by atoms with van der Waals surface area (Å²) in [6.07, 6.45) is 0. The number of nitrogens with one attached hydrogen (secondary N) is 2. The molecule has 0 aliphatic heterocycles. The molecule has 0 radical (unpaired) electrons. The quantitative estimate of drug-likeness (QED) is 0.884. The van der Waals surface area contributed by atoms with E-state index < -0.39 is 0 Å². The van der Waals surface area contributed by atoms with Gasteiger partial charge in [-0.1, -0.05) is 24.3 Å². The van der Waals surface area contributed by atoms with Crippen LogP contribution in [0.3, 0.4) is 0 Å². The van der Waals surface area contributed by atoms with E-state index in [0.29, 0.717) is 5.69 Å². The third kappa shape index (κ3) is 3.81. The van der Waals surface area contributed by atoms with Crippen LogP contribution in [0.4, 0.5) is 15.8 Å². The second kappa shape index (κ2) is 6.00. The number of halogens is 1. The Morgan fingerprint density at radius 1 is 1.16 bits per heavy atom. The molecular formula is C15H15FN2O. The molecule has 1 amide bonds. The second-order valence-corrected chi connectivity index (χ2v) is 4.23. The summed E-state index contributed by atoms with van der Waals surface area (Å²) in [5.41, 5.74) is 2.44. The molecule has 0 aromatic heterocycles. The molecule has 3 nitrogen and oxygen atoms in total. The summed E-state index contributed by atoms with van der Waals surface area (Å²) >= 11 is 0. The molecule has 0 bridgehead atoms. The van der Waals surface area contributed by atoms with Crippen LogP contribution in [0.1, 0.15) is 5.56 Å². The zero-order chi connectivity index (χ0) is 13.7. The van der Waals surface area contributed by atoms with Crippen LogP contribution in [0.15, 0.2) is 48.5 Å². The van der Waals surface area contributed by atoms with E-state index in [1.54, 1.807) is 12.1 Å². The number of benzene rings is 2. The van der Waals surface area contributed by atoms with Crippen molar-refractivity contribution in [2.75, 3.05) is 17.2 Å². The van der Waals surface area contributed by atoms with E-state index in [-0.39, 0.29) is 18.3 Å². The van der Waals surface area contributed by atoms with Crippen LogP contribution in [-0.4, -0.2) is 12.5 Å². The van der Waals surface area contributed by atoms with Gasteiger partial charge in [0.15, 0.2) is 0 Å². The van der Waals surface area contributed by atoms with Gasteiger partial charge in [-0.25, -0.2) is 4.39 Å². The van der Waals surface area contributed by atoms with Crippen molar-refractivity contribution in [1.82, 2.24) is 0 Å². The first-order valence-electron chi connectivity index (χ1n) is 6.00. The van der Waals surface area contributed by atoms with Crippen molar-refractivity contribution in [2.24, 2.45) is 0 Å². The third-order valence-electron chi connectivity index (χ3n) is 2.69. The molecule has 2 N–H and O–H groups in total. The lowest BCUT2D eigenvalue weighted by Gasteiger charge is -2.09. The van der Waals surface area contributed by atoms with Crippen molar-refractivity contribution in [2.45, 2.75) is 6.92 Å². The molecule has 2 aromatic carbocycles. The third-order valence-corrected chi connectivity index (χ3v) is 2.69. The minimum atomic E-state index is -0.371. The van der Waals surface area contributed by atoms with Crippen molar-refractivity contribution in [1.29, 1.82) is 0 Å². The Hall–Kier alpha value is -2.36. The molecule has 0 heterocycles. The highest BCUT2D eigenvalue weighted by Crippen LogP contribution is 2.13. The molecule has 0 unspecified atom stereocenters. The predicted octanol–water partition coefficient (Wildman–Crippen LogP) is 3.18. The van der Waals surface area contributed by atoms with Crippen LogP contribution in [0.2, 0.25) is 0 Å². The number of rotatable bonds is 4. The molecule has 0 saturated heterocycles. The fourth-order valence-electron chi connectivity index (χ4n) is 1.72. The Morgan fingerprint density at radius 3 is 2.68 bits per heavy atom. The topological polar surface area (TPSA) is 41.1 Å². The fraction of sp³-hybridized carbons (Fsp3) is 0.133. The molecule has 19 heavy (non-hydrogen) atoms. The normalized spacial score (nSPS) is 10.0. The first kappa shape index (κ1) is 13.1. The first-order chi connectivity index (χ1) is 9.15. The van der Waals surface area contributed by atoms with Gasteiger partial charge in [0.25, 0.3) is 0 Å². The van der Waals surface area contributed by atoms with Gasteiger partial charge in [0.2, 0.25) is 5.91 Å². The summed E-state index contributed by atoms with van der Waals surface area (Å²) in [6, 6.07) is 13.5. The highest BCUT2D eigenvalue weighted by atomic mass is 19.1. The average Bonchev–Trinajstić information content (AvgIpc) is 2.38. The monoisotopic (exact) mass is 258 g/mol. The van der Waals surface area contributed by atoms with E-state index in [1.807, 2.05) is 31.2 Å². The Kier molecular flexibility index (Phi) is 4.13. The van der Waals surface area contributed by atoms with Crippen molar-refractivity contribution in [3.8, 4) is 0 Å². The number of amides is 1. The molecule has 0 atom stereocenters. The number of carbonyl (C=O) groups excluding carboxylic acids is 1. The summed E-state index contributed by atoms with van der Waals surface area (Å²) in [6.45, 7) is 2.11. The Morgan fingerprint density at radius 2 is 1.95 bits per heavy atom. The lowest BCUT2D eigenvalue weighted by atomic mass is 10.2. The van der Waals surface area contributed by atoms with Gasteiger partial charge < -0.3 is 10.6 Å². The van der Waals surface area contributed by atoms with E-state index >= 15 is 0 Å². The summed E-state index contributed by atoms with van der Waals surface area (Å²) in [5, 5.41) is 5.67. The van der Waals surface area contributed by atoms with Crippen LogP contribution in [-0.2, 0) is 4.79 Å². The molecule has 0 aliphatic carbocycles. The molecule has 2 rings (SSSR count). The zero-order valence-electron chi connectivity index (χ0n) is 10.6. The number of para-hydroxylation sites is 1. The standard InChI is InChI=1S/C15H15FN2O/c1-11-5-2-3-8-14(11)17-10-15(19)18-13-7-4-6-12(16)9-13/h2-9,17H,10H2,1H3,(H,18,19). The summed E-state index contributed by atoms with van der Waals surface area (Å²) in [4.78, 5) is 11.7. The number of carbonyl (C=O) groups is 1. The number of aryl methyl sites for hydroxylation is 1. The maximum Gasteiger partial charge on any atom is 0.243 e. The zero-order valence-corrected chi connectivity index (χ0v) is 10.6. The van der Waals surface area contributed by atoms with Gasteiger partial charge in [-0.2, -0.15) is 0 Å². The number of anilines is 2. The minimum absolute atomic E-state index is 0.140. The van der Waals surface area contributed by atoms with Crippen LogP contribution < -0.4 is 10.6 Å². The highest BCUT2D eigenvalue weighted by Gasteiger charge is 2.03. The van der Waals surface area contributed by atoms with Gasteiger partial charge in [-0.3, -0.25) is 4.79 Å². The first-order valence-corrected chi connectivity index (χ1v) is 6.00. The smallest absolute Gasteiger partial charge is 0.243 e. The van der Waals surface area contributed by atoms with Gasteiger partial charge >= 0.3 is 0 Å². The van der Waals surface area contributed by atoms with Crippen LogP contribution in [0.5, 0.6) is 0 Å². The summed E-state index contributed by atoms with van der Waals surface area (Å²) in [7, 11) is 0. The average molecular weight is 258 g/mol. The van der Waals surface area contributed by atoms with Crippen LogP contribution in [0, 0.1) is 12.7 Å². The fourth-order valence-corrected chi connectivity index (χ4v) is 1.72. The van der Waals surface area contributed by atoms with E-state index in [0.717, 1.165) is 11.3 Å². The van der Waals surface area contributed by atoms with Gasteiger partial charge in [0, 0.05) is 11.4 Å². The lowest BCUT2D eigenvalue weighted by Crippen LogP contribution is -2.22. The number of hydrogen-bond donors (Lipinski definition) is 2. The molecule has 4 heteroatoms. The SMILES string of the molecule is Cc1ccccc1NCC(=O)Nc1cccc(F)c1. The van der Waals surface area contributed by atoms with Crippen LogP contribution in [0.25, 0.3) is 0 Å². The maximum absolute atomic E-state index is 13.0.